The van der Waals surface area contributed by atoms with Gasteiger partial charge in [-0.2, -0.15) is 4.98 Å². The Balaban J connectivity index is 1.53. The van der Waals surface area contributed by atoms with Gasteiger partial charge in [0.2, 0.25) is 11.4 Å². The Hall–Kier alpha value is -4.03. The summed E-state index contributed by atoms with van der Waals surface area (Å²) in [5, 5.41) is 15.6. The van der Waals surface area contributed by atoms with Gasteiger partial charge in [0.25, 0.3) is 11.8 Å². The van der Waals surface area contributed by atoms with E-state index in [1.165, 1.54) is 0 Å². The molecule has 0 saturated carbocycles. The molecule has 1 aliphatic heterocycles. The summed E-state index contributed by atoms with van der Waals surface area (Å²) in [6.45, 7) is 4.31. The summed E-state index contributed by atoms with van der Waals surface area (Å²) in [6, 6.07) is 26.1. The lowest BCUT2D eigenvalue weighted by atomic mass is 9.88. The van der Waals surface area contributed by atoms with Crippen molar-refractivity contribution >= 4 is 17.2 Å². The lowest BCUT2D eigenvalue weighted by Gasteiger charge is -2.23. The van der Waals surface area contributed by atoms with Crippen molar-refractivity contribution in [2.45, 2.75) is 12.1 Å². The Bertz CT molecular complexity index is 1270. The van der Waals surface area contributed by atoms with Crippen LogP contribution in [0.5, 0.6) is 0 Å². The molecule has 5 rings (SSSR count). The van der Waals surface area contributed by atoms with E-state index in [1.54, 1.807) is 17.0 Å². The fourth-order valence-electron chi connectivity index (χ4n) is 3.85. The maximum absolute atomic E-state index is 13.5. The number of rotatable bonds is 5. The molecule has 1 aliphatic rings. The Kier molecular flexibility index (Phi) is 4.49. The highest BCUT2D eigenvalue weighted by atomic mass is 16.5. The van der Waals surface area contributed by atoms with Crippen LogP contribution in [0.1, 0.15) is 17.0 Å². The van der Waals surface area contributed by atoms with Crippen molar-refractivity contribution in [3.63, 3.8) is 0 Å². The molecule has 0 fully saturated rings. The largest absolute Gasteiger partial charge is 0.372 e. The number of amides is 1. The molecule has 0 aliphatic carbocycles. The number of carbonyl (C=O) groups is 1. The molecule has 3 aromatic carbocycles. The molecule has 0 spiro atoms. The van der Waals surface area contributed by atoms with Crippen LogP contribution in [0.15, 0.2) is 96.0 Å². The van der Waals surface area contributed by atoms with E-state index in [0.29, 0.717) is 23.6 Å². The van der Waals surface area contributed by atoms with Crippen molar-refractivity contribution in [2.75, 3.05) is 4.90 Å². The van der Waals surface area contributed by atoms with Crippen LogP contribution in [0.3, 0.4) is 0 Å². The summed E-state index contributed by atoms with van der Waals surface area (Å²) in [4.78, 5) is 19.4. The zero-order valence-corrected chi connectivity index (χ0v) is 16.6. The van der Waals surface area contributed by atoms with E-state index in [9.17, 15) is 9.90 Å². The highest BCUT2D eigenvalue weighted by molar-refractivity contribution is 6.13. The Morgan fingerprint density at radius 1 is 0.968 bits per heavy atom. The van der Waals surface area contributed by atoms with E-state index in [1.807, 2.05) is 72.8 Å². The van der Waals surface area contributed by atoms with Crippen LogP contribution < -0.4 is 4.90 Å². The van der Waals surface area contributed by atoms with E-state index in [0.717, 1.165) is 11.1 Å². The molecule has 0 saturated heterocycles. The maximum atomic E-state index is 13.5. The molecule has 1 N–H and O–H groups in total. The molecule has 0 radical (unpaired) electrons. The number of para-hydroxylation sites is 1. The molecule has 152 valence electrons. The van der Waals surface area contributed by atoms with Gasteiger partial charge in [0, 0.05) is 11.1 Å². The van der Waals surface area contributed by atoms with Crippen molar-refractivity contribution in [3.8, 4) is 11.4 Å². The molecule has 1 amide bonds. The predicted molar refractivity (Wildman–Crippen MR) is 117 cm³/mol. The van der Waals surface area contributed by atoms with Crippen molar-refractivity contribution in [2.24, 2.45) is 0 Å². The zero-order chi connectivity index (χ0) is 21.4. The lowest BCUT2D eigenvalue weighted by molar-refractivity contribution is -0.130. The predicted octanol–water partition coefficient (Wildman–Crippen LogP) is 4.18. The maximum Gasteiger partial charge on any atom is 0.268 e. The van der Waals surface area contributed by atoms with Gasteiger partial charge in [-0.15, -0.1) is 0 Å². The van der Waals surface area contributed by atoms with Crippen molar-refractivity contribution in [1.82, 2.24) is 10.1 Å². The minimum absolute atomic E-state index is 0.0195. The molecule has 1 atom stereocenters. The summed E-state index contributed by atoms with van der Waals surface area (Å²) < 4.78 is 5.38. The first-order valence-corrected chi connectivity index (χ1v) is 9.85. The van der Waals surface area contributed by atoms with Gasteiger partial charge in [0.05, 0.1) is 17.8 Å². The minimum Gasteiger partial charge on any atom is -0.372 e. The molecule has 1 aromatic heterocycles. The molecule has 4 aromatic rings. The number of fused-ring (bicyclic) bond motifs is 1. The molecule has 31 heavy (non-hydrogen) atoms. The third-order valence-electron chi connectivity index (χ3n) is 5.48. The smallest absolute Gasteiger partial charge is 0.268 e. The third-order valence-corrected chi connectivity index (χ3v) is 5.48. The number of hydrogen-bond donors (Lipinski definition) is 1. The van der Waals surface area contributed by atoms with Gasteiger partial charge in [-0.3, -0.25) is 4.79 Å². The van der Waals surface area contributed by atoms with Gasteiger partial charge in [0.15, 0.2) is 0 Å². The Labute approximate surface area is 179 Å². The average Bonchev–Trinajstić information content (AvgIpc) is 3.39. The van der Waals surface area contributed by atoms with Gasteiger partial charge in [-0.25, -0.2) is 0 Å². The number of nitrogens with zero attached hydrogens (tertiary/aromatic N) is 3. The molecule has 6 heteroatoms. The Morgan fingerprint density at radius 2 is 1.61 bits per heavy atom. The van der Waals surface area contributed by atoms with Gasteiger partial charge in [-0.1, -0.05) is 90.6 Å². The number of benzene rings is 3. The van der Waals surface area contributed by atoms with E-state index in [4.69, 9.17) is 4.52 Å². The van der Waals surface area contributed by atoms with Gasteiger partial charge in [0.1, 0.15) is 0 Å². The number of anilines is 1. The average molecular weight is 409 g/mol. The molecule has 1 unspecified atom stereocenters. The van der Waals surface area contributed by atoms with Gasteiger partial charge < -0.3 is 14.5 Å². The SMILES string of the molecule is C=C(c1nc(-c2ccccc2)no1)C1(O)C(=O)N(Cc2ccccc2)c2ccccc21. The lowest BCUT2D eigenvalue weighted by Crippen LogP contribution is -2.40. The second kappa shape index (κ2) is 7.34. The molecular weight excluding hydrogens is 390 g/mol. The van der Waals surface area contributed by atoms with Crippen LogP contribution in [0.4, 0.5) is 5.69 Å². The van der Waals surface area contributed by atoms with E-state index in [-0.39, 0.29) is 11.5 Å². The summed E-state index contributed by atoms with van der Waals surface area (Å²) in [7, 11) is 0. The fraction of sp³-hybridized carbons (Fsp3) is 0.0800. The highest BCUT2D eigenvalue weighted by Crippen LogP contribution is 2.47. The summed E-state index contributed by atoms with van der Waals surface area (Å²) in [6.07, 6.45) is 0. The monoisotopic (exact) mass is 409 g/mol. The fourth-order valence-corrected chi connectivity index (χ4v) is 3.85. The standard InChI is InChI=1S/C25H19N3O3/c1-17(23-26-22(27-31-23)19-12-6-3-7-13-19)25(30)20-14-8-9-15-21(20)28(24(25)29)16-18-10-4-2-5-11-18/h2-15,30H,1,16H2. The third kappa shape index (κ3) is 3.05. The normalized spacial score (nSPS) is 17.6. The van der Waals surface area contributed by atoms with E-state index in [2.05, 4.69) is 16.7 Å². The van der Waals surface area contributed by atoms with Gasteiger partial charge >= 0.3 is 0 Å². The van der Waals surface area contributed by atoms with Gasteiger partial charge in [-0.05, 0) is 11.6 Å². The quantitative estimate of drug-likeness (QED) is 0.535. The minimum atomic E-state index is -1.99. The zero-order valence-electron chi connectivity index (χ0n) is 16.6. The van der Waals surface area contributed by atoms with Crippen molar-refractivity contribution < 1.29 is 14.4 Å². The van der Waals surface area contributed by atoms with Crippen molar-refractivity contribution in [3.05, 3.63) is 109 Å². The van der Waals surface area contributed by atoms with Crippen LogP contribution >= 0.6 is 0 Å². The number of hydrogen-bond acceptors (Lipinski definition) is 5. The number of aromatic nitrogens is 2. The van der Waals surface area contributed by atoms with Crippen LogP contribution in [-0.2, 0) is 16.9 Å². The first-order chi connectivity index (χ1) is 15.1. The molecular formula is C25H19N3O3. The molecule has 0 bridgehead atoms. The second-order valence-electron chi connectivity index (χ2n) is 7.37. The van der Waals surface area contributed by atoms with Crippen LogP contribution in [0, 0.1) is 0 Å². The first-order valence-electron chi connectivity index (χ1n) is 9.85. The summed E-state index contributed by atoms with van der Waals surface area (Å²) >= 11 is 0. The summed E-state index contributed by atoms with van der Waals surface area (Å²) in [5.41, 5.74) is 0.843. The number of carbonyl (C=O) groups excluding carboxylic acids is 1. The highest BCUT2D eigenvalue weighted by Gasteiger charge is 2.53. The second-order valence-corrected chi connectivity index (χ2v) is 7.37. The first kappa shape index (κ1) is 19.0. The van der Waals surface area contributed by atoms with E-state index < -0.39 is 11.5 Å². The molecule has 2 heterocycles. The Morgan fingerprint density at radius 3 is 2.35 bits per heavy atom. The number of aliphatic hydroxyl groups is 1. The molecule has 6 nitrogen and oxygen atoms in total. The van der Waals surface area contributed by atoms with Crippen molar-refractivity contribution in [1.29, 1.82) is 0 Å². The summed E-state index contributed by atoms with van der Waals surface area (Å²) in [5.74, 6) is -0.117. The van der Waals surface area contributed by atoms with Crippen LogP contribution in [0.2, 0.25) is 0 Å². The van der Waals surface area contributed by atoms with Crippen LogP contribution in [0.25, 0.3) is 17.0 Å². The topological polar surface area (TPSA) is 79.5 Å². The van der Waals surface area contributed by atoms with E-state index >= 15 is 0 Å². The van der Waals surface area contributed by atoms with Crippen LogP contribution in [-0.4, -0.2) is 21.2 Å².